The minimum atomic E-state index is -0.538. The molecule has 1 aromatic carbocycles. The lowest BCUT2D eigenvalue weighted by atomic mass is 9.52. The molecule has 5 aliphatic carbocycles. The molecule has 2 saturated heterocycles. The van der Waals surface area contributed by atoms with Crippen LogP contribution < -0.4 is 0 Å². The molecule has 0 amide bonds. The molecule has 4 N–H and O–H groups in total. The zero-order valence-electron chi connectivity index (χ0n) is 29.3. The van der Waals surface area contributed by atoms with E-state index in [4.69, 9.17) is 19.3 Å². The first-order valence-corrected chi connectivity index (χ1v) is 16.8. The topological polar surface area (TPSA) is 166 Å². The molecule has 2 fully saturated rings. The third kappa shape index (κ3) is 5.06. The van der Waals surface area contributed by atoms with Gasteiger partial charge in [-0.25, -0.2) is 0 Å². The number of aliphatic hydroxyl groups is 2. The van der Waals surface area contributed by atoms with Crippen molar-refractivity contribution >= 4 is 17.3 Å². The predicted molar refractivity (Wildman–Crippen MR) is 182 cm³/mol. The van der Waals surface area contributed by atoms with Crippen molar-refractivity contribution in [3.8, 4) is 11.5 Å². The van der Waals surface area contributed by atoms with Gasteiger partial charge < -0.3 is 34.6 Å². The van der Waals surface area contributed by atoms with Crippen molar-refractivity contribution < 1.29 is 49.0 Å². The zero-order valence-corrected chi connectivity index (χ0v) is 29.3. The number of likely N-dealkylation sites (tertiary alicyclic amines) is 2. The molecule has 0 saturated carbocycles. The highest BCUT2D eigenvalue weighted by Crippen LogP contribution is 2.61. The Morgan fingerprint density at radius 1 is 0.780 bits per heavy atom. The van der Waals surface area contributed by atoms with Crippen LogP contribution in [0.15, 0.2) is 70.9 Å². The van der Waals surface area contributed by atoms with Crippen molar-refractivity contribution in [3.05, 3.63) is 82.1 Å². The summed E-state index contributed by atoms with van der Waals surface area (Å²) in [5.74, 6) is -0.243. The van der Waals surface area contributed by atoms with Gasteiger partial charge in [0, 0.05) is 72.9 Å². The number of Topliss-reactive ketones (excluding diaryl/α,β-unsaturated/α-hetero) is 2. The average Bonchev–Trinajstić information content (AvgIpc) is 3.11. The highest BCUT2D eigenvalue weighted by molar-refractivity contribution is 6.06. The van der Waals surface area contributed by atoms with Gasteiger partial charge in [-0.15, -0.1) is 0 Å². The minimum absolute atomic E-state index is 0.0223. The predicted octanol–water partition coefficient (Wildman–Crippen LogP) is 3.16. The van der Waals surface area contributed by atoms with E-state index in [9.17, 15) is 29.7 Å². The van der Waals surface area contributed by atoms with Gasteiger partial charge >= 0.3 is 0 Å². The number of benzene rings is 1. The van der Waals surface area contributed by atoms with Gasteiger partial charge in [-0.3, -0.25) is 24.2 Å². The van der Waals surface area contributed by atoms with Crippen LogP contribution in [0.5, 0.6) is 11.5 Å². The number of fused-ring (bicyclic) bond motifs is 2. The lowest BCUT2D eigenvalue weighted by Gasteiger charge is -2.58. The molecule has 8 rings (SSSR count). The van der Waals surface area contributed by atoms with Crippen LogP contribution in [0.3, 0.4) is 0 Å². The number of phenols is 2. The standard InChI is InChI=1S/C19H23NO5.C18H19NO4.CH4O/c1-20-7-6-19-9-13(22)14(24-2)8-11(19)16(20)18(25-3)10-4-5-12(21)17(23)15(10)19;1-19-6-5-18-9-14(21)15(23-2)8-11(18)12(19)7-10-3-4-13(20)17(22)16(10)18;1-2/h4-5,8,11,16,18,21,23H,6-7,9H2,1-3H3;3-4,7-8,11-12,22H,5-6,9H2,1-2H3;2H,1H3/t11?,16-,18-,19-;11?,12-,18+;/m10./s1. The molecule has 12 heteroatoms. The zero-order chi connectivity index (χ0) is 36.3. The summed E-state index contributed by atoms with van der Waals surface area (Å²) in [7, 11) is 9.80. The maximum Gasteiger partial charge on any atom is 0.220 e. The lowest BCUT2D eigenvalue weighted by Crippen LogP contribution is -2.61. The molecule has 0 spiro atoms. The van der Waals surface area contributed by atoms with Crippen molar-refractivity contribution in [2.75, 3.05) is 55.6 Å². The molecule has 268 valence electrons. The number of carbonyl (C=O) groups excluding carboxylic acids is 3. The van der Waals surface area contributed by atoms with Gasteiger partial charge in [-0.05, 0) is 75.5 Å². The monoisotopic (exact) mass is 690 g/mol. The number of ether oxygens (including phenoxy) is 3. The lowest BCUT2D eigenvalue weighted by molar-refractivity contribution is -0.125. The number of aliphatic hydroxyl groups excluding tert-OH is 2. The highest BCUT2D eigenvalue weighted by atomic mass is 16.5. The van der Waals surface area contributed by atoms with E-state index >= 15 is 0 Å². The molecule has 4 bridgehead atoms. The quantitative estimate of drug-likeness (QED) is 0.343. The van der Waals surface area contributed by atoms with Crippen molar-refractivity contribution in [1.82, 2.24) is 9.80 Å². The number of allylic oxidation sites excluding steroid dienone is 6. The van der Waals surface area contributed by atoms with Crippen LogP contribution in [0.4, 0.5) is 0 Å². The van der Waals surface area contributed by atoms with Crippen LogP contribution in [0.25, 0.3) is 0 Å². The second-order valence-electron chi connectivity index (χ2n) is 14.1. The van der Waals surface area contributed by atoms with Gasteiger partial charge in [0.25, 0.3) is 0 Å². The Kier molecular flexibility index (Phi) is 9.36. The Balaban J connectivity index is 0.000000165. The van der Waals surface area contributed by atoms with Crippen LogP contribution in [-0.4, -0.2) is 115 Å². The number of aromatic hydroxyl groups is 2. The largest absolute Gasteiger partial charge is 0.504 e. The number of likely N-dealkylation sites (N-methyl/N-ethyl adjacent to an activating group) is 2. The fourth-order valence-electron chi connectivity index (χ4n) is 9.79. The summed E-state index contributed by atoms with van der Waals surface area (Å²) in [4.78, 5) is 41.6. The summed E-state index contributed by atoms with van der Waals surface area (Å²) in [6, 6.07) is 3.47. The molecule has 50 heavy (non-hydrogen) atoms. The van der Waals surface area contributed by atoms with Crippen molar-refractivity contribution in [3.63, 3.8) is 0 Å². The Morgan fingerprint density at radius 3 is 2.02 bits per heavy atom. The second kappa shape index (κ2) is 13.1. The van der Waals surface area contributed by atoms with Crippen molar-refractivity contribution in [2.45, 2.75) is 49.3 Å². The van der Waals surface area contributed by atoms with Gasteiger partial charge in [0.2, 0.25) is 5.78 Å². The molecule has 7 aliphatic rings. The number of methoxy groups -OCH3 is 3. The molecule has 2 aliphatic heterocycles. The number of hydrogen-bond acceptors (Lipinski definition) is 12. The number of hydrogen-bond donors (Lipinski definition) is 4. The molecule has 0 radical (unpaired) electrons. The smallest absolute Gasteiger partial charge is 0.220 e. The van der Waals surface area contributed by atoms with Crippen LogP contribution in [0.1, 0.15) is 42.9 Å². The van der Waals surface area contributed by atoms with Crippen molar-refractivity contribution in [2.24, 2.45) is 17.3 Å². The molecule has 7 atom stereocenters. The summed E-state index contributed by atoms with van der Waals surface area (Å²) in [5, 5.41) is 38.3. The van der Waals surface area contributed by atoms with Gasteiger partial charge in [0.15, 0.2) is 40.3 Å². The van der Waals surface area contributed by atoms with Crippen LogP contribution in [-0.2, 0) is 34.0 Å². The third-order valence-corrected chi connectivity index (χ3v) is 12.0. The van der Waals surface area contributed by atoms with E-state index in [0.717, 1.165) is 44.2 Å². The highest BCUT2D eigenvalue weighted by Gasteiger charge is 2.60. The maximum absolute atomic E-state index is 12.6. The molecule has 12 nitrogen and oxygen atoms in total. The third-order valence-electron chi connectivity index (χ3n) is 12.0. The summed E-state index contributed by atoms with van der Waals surface area (Å²) in [6.45, 7) is 1.61. The number of carbonyl (C=O) groups is 3. The molecule has 0 aromatic heterocycles. The SMILES string of the molecule is CO.COC1=CC2[C@@H]3C=C4C=CC(=O)C(O)=C4[C@]2(CCN3C)CC1=O.COC1=CC2[C@@H]3[C@H](OC)c4ccc(O)c(O)c4[C@]2(CCN3C)CC1=O. The first-order valence-electron chi connectivity index (χ1n) is 16.8. The molecule has 2 heterocycles. The Hall–Kier alpha value is -4.23. The normalized spacial score (nSPS) is 33.9. The Morgan fingerprint density at radius 2 is 1.38 bits per heavy atom. The maximum atomic E-state index is 12.6. The molecular weight excluding hydrogens is 644 g/mol. The van der Waals surface area contributed by atoms with E-state index in [2.05, 4.69) is 30.0 Å². The van der Waals surface area contributed by atoms with E-state index in [1.807, 2.05) is 18.2 Å². The van der Waals surface area contributed by atoms with E-state index in [-0.39, 0.29) is 77.5 Å². The molecule has 2 unspecified atom stereocenters. The fourth-order valence-corrected chi connectivity index (χ4v) is 9.79. The van der Waals surface area contributed by atoms with Gasteiger partial charge in [-0.2, -0.15) is 0 Å². The number of piperidine rings is 2. The summed E-state index contributed by atoms with van der Waals surface area (Å²) < 4.78 is 16.4. The van der Waals surface area contributed by atoms with E-state index in [1.165, 1.54) is 26.4 Å². The first-order chi connectivity index (χ1) is 23.9. The molecular formula is C38H46N2O10. The molecule has 1 aromatic rings. The summed E-state index contributed by atoms with van der Waals surface area (Å²) >= 11 is 0. The number of ketones is 3. The van der Waals surface area contributed by atoms with Crippen LogP contribution >= 0.6 is 0 Å². The Labute approximate surface area is 291 Å². The number of phenolic OH excluding ortho intramolecular Hbond substituents is 2. The first kappa shape index (κ1) is 35.6. The van der Waals surface area contributed by atoms with E-state index in [0.29, 0.717) is 22.7 Å². The number of nitrogens with zero attached hydrogens (tertiary/aromatic N) is 2. The van der Waals surface area contributed by atoms with E-state index < -0.39 is 10.8 Å². The fraction of sp³-hybridized carbons (Fsp3) is 0.500. The minimum Gasteiger partial charge on any atom is -0.504 e. The summed E-state index contributed by atoms with van der Waals surface area (Å²) in [6.07, 6.45) is 10.8. The summed E-state index contributed by atoms with van der Waals surface area (Å²) in [5.41, 5.74) is 1.99. The van der Waals surface area contributed by atoms with Crippen LogP contribution in [0.2, 0.25) is 0 Å². The van der Waals surface area contributed by atoms with Crippen molar-refractivity contribution in [1.29, 1.82) is 0 Å². The van der Waals surface area contributed by atoms with Crippen LogP contribution in [0, 0.1) is 17.3 Å². The second-order valence-corrected chi connectivity index (χ2v) is 14.1. The number of rotatable bonds is 3. The average molecular weight is 691 g/mol. The van der Waals surface area contributed by atoms with Gasteiger partial charge in [-0.1, -0.05) is 18.2 Å². The van der Waals surface area contributed by atoms with Gasteiger partial charge in [0.05, 0.1) is 20.3 Å². The van der Waals surface area contributed by atoms with Gasteiger partial charge in [0.1, 0.15) is 0 Å². The Bertz CT molecular complexity index is 1770. The van der Waals surface area contributed by atoms with E-state index in [1.54, 1.807) is 13.2 Å².